The predicted molar refractivity (Wildman–Crippen MR) is 135 cm³/mol. The van der Waals surface area contributed by atoms with E-state index < -0.39 is 13.0 Å². The van der Waals surface area contributed by atoms with E-state index in [0.717, 1.165) is 59.5 Å². The number of aryl methyl sites for hydroxylation is 1. The summed E-state index contributed by atoms with van der Waals surface area (Å²) in [5.41, 5.74) is 8.13. The third-order valence-corrected chi connectivity index (χ3v) is 12.1. The fourth-order valence-corrected chi connectivity index (χ4v) is 9.35. The highest BCUT2D eigenvalue weighted by atomic mass is 32.1. The Morgan fingerprint density at radius 3 is 2.43 bits per heavy atom. The molecule has 0 saturated heterocycles. The van der Waals surface area contributed by atoms with Crippen molar-refractivity contribution in [3.8, 4) is 10.6 Å². The molecule has 10 nitrogen and oxygen atoms in total. The Bertz CT molecular complexity index is 1370. The minimum Gasteiger partial charge on any atom is -0.364 e. The maximum Gasteiger partial charge on any atom is 0.271 e. The number of rotatable bonds is 9. The van der Waals surface area contributed by atoms with E-state index in [1.807, 2.05) is 25.2 Å². The number of nitrogens with zero attached hydrogens (tertiary/aromatic N) is 4. The number of amides is 2. The lowest BCUT2D eigenvalue weighted by atomic mass is 10.3. The number of thiophene rings is 1. The first kappa shape index (κ1) is 22.4. The molecule has 0 aliphatic heterocycles. The average Bonchev–Trinajstić information content (AvgIpc) is 3.69. The van der Waals surface area contributed by atoms with E-state index in [4.69, 9.17) is 5.73 Å². The quantitative estimate of drug-likeness (QED) is 0.373. The molecule has 0 bridgehead atoms. The van der Waals surface area contributed by atoms with Gasteiger partial charge in [-0.25, -0.2) is 0 Å². The van der Waals surface area contributed by atoms with Crippen LogP contribution < -0.4 is 21.8 Å². The molecule has 0 aromatic carbocycles. The van der Waals surface area contributed by atoms with Crippen LogP contribution in [0.4, 0.5) is 16.5 Å². The molecule has 3 aliphatic rings. The topological polar surface area (TPSA) is 145 Å². The van der Waals surface area contributed by atoms with Gasteiger partial charge in [0, 0.05) is 30.3 Å². The van der Waals surface area contributed by atoms with Gasteiger partial charge in [0.1, 0.15) is 12.8 Å². The molecule has 35 heavy (non-hydrogen) atoms. The van der Waals surface area contributed by atoms with Gasteiger partial charge in [-0.05, 0) is 56.7 Å². The fourth-order valence-electron chi connectivity index (χ4n) is 4.47. The average molecular weight is 512 g/mol. The van der Waals surface area contributed by atoms with Gasteiger partial charge >= 0.3 is 0 Å². The molecule has 4 N–H and O–H groups in total. The predicted octanol–water partition coefficient (Wildman–Crippen LogP) is 3.44. The van der Waals surface area contributed by atoms with Crippen molar-refractivity contribution >= 4 is 52.2 Å². The number of hydrogen-bond donors (Lipinski definition) is 3. The molecular formula is C23H26N7O3PS. The molecule has 3 aromatic heterocycles. The van der Waals surface area contributed by atoms with Crippen LogP contribution in [-0.4, -0.2) is 43.1 Å². The summed E-state index contributed by atoms with van der Waals surface area (Å²) in [6.07, 6.45) is 5.93. The highest BCUT2D eigenvalue weighted by Gasteiger charge is 2.53. The van der Waals surface area contributed by atoms with Gasteiger partial charge in [0.05, 0.1) is 21.0 Å². The van der Waals surface area contributed by atoms with Gasteiger partial charge in [0.25, 0.3) is 5.91 Å². The standard InChI is InChI=1S/C23H26N7O3PS/c1-30-20(34(33,13-4-5-13)14-6-7-14)11-15(29-30)17-8-9-19(35-17)25-16-10-18(26-23(32)12-2-3-12)27-28-21(16)22(24)31/h8-14H,2-7H2,1H3,(H2,24,31)(H2,25,26,27,32). The van der Waals surface area contributed by atoms with Crippen molar-refractivity contribution in [2.24, 2.45) is 18.7 Å². The normalized spacial score (nSPS) is 17.9. The number of aromatic nitrogens is 4. The zero-order valence-electron chi connectivity index (χ0n) is 19.2. The molecule has 6 rings (SSSR count). The minimum absolute atomic E-state index is 0.0145. The summed E-state index contributed by atoms with van der Waals surface area (Å²) in [6.45, 7) is 0. The van der Waals surface area contributed by atoms with Crippen LogP contribution in [0.1, 0.15) is 49.0 Å². The van der Waals surface area contributed by atoms with E-state index in [-0.39, 0.29) is 23.3 Å². The SMILES string of the molecule is Cn1nc(-c2ccc(Nc3cc(NC(=O)C4CC4)nnc3C(N)=O)s2)cc1P(=O)(C1CC1)C1CC1. The van der Waals surface area contributed by atoms with E-state index in [1.54, 1.807) is 10.7 Å². The second-order valence-electron chi connectivity index (χ2n) is 9.59. The molecule has 182 valence electrons. The van der Waals surface area contributed by atoms with E-state index in [9.17, 15) is 14.2 Å². The summed E-state index contributed by atoms with van der Waals surface area (Å²) in [7, 11) is -0.551. The number of anilines is 3. The first-order valence-electron chi connectivity index (χ1n) is 11.8. The van der Waals surface area contributed by atoms with Crippen molar-refractivity contribution in [2.45, 2.75) is 49.8 Å². The zero-order chi connectivity index (χ0) is 24.3. The Morgan fingerprint density at radius 2 is 1.80 bits per heavy atom. The van der Waals surface area contributed by atoms with Gasteiger partial charge in [-0.3, -0.25) is 14.3 Å². The van der Waals surface area contributed by atoms with Gasteiger partial charge in [-0.1, -0.05) is 0 Å². The summed E-state index contributed by atoms with van der Waals surface area (Å²) in [5, 5.41) is 19.2. The van der Waals surface area contributed by atoms with Crippen molar-refractivity contribution in [1.29, 1.82) is 0 Å². The van der Waals surface area contributed by atoms with Crippen LogP contribution in [0.5, 0.6) is 0 Å². The second-order valence-corrected chi connectivity index (χ2v) is 14.0. The van der Waals surface area contributed by atoms with Gasteiger partial charge in [0.2, 0.25) is 5.91 Å². The number of carbonyl (C=O) groups excluding carboxylic acids is 2. The molecule has 0 atom stereocenters. The van der Waals surface area contributed by atoms with Gasteiger partial charge in [-0.15, -0.1) is 21.5 Å². The first-order valence-corrected chi connectivity index (χ1v) is 14.5. The van der Waals surface area contributed by atoms with E-state index in [0.29, 0.717) is 17.0 Å². The summed E-state index contributed by atoms with van der Waals surface area (Å²) < 4.78 is 15.7. The molecule has 2 amide bonds. The summed E-state index contributed by atoms with van der Waals surface area (Å²) >= 11 is 1.45. The maximum atomic E-state index is 14.0. The third-order valence-electron chi connectivity index (χ3n) is 6.73. The number of primary amides is 1. The van der Waals surface area contributed by atoms with Gasteiger partial charge in [0.15, 0.2) is 11.5 Å². The molecule has 0 radical (unpaired) electrons. The Morgan fingerprint density at radius 1 is 1.09 bits per heavy atom. The van der Waals surface area contributed by atoms with Crippen LogP contribution in [0.15, 0.2) is 24.3 Å². The molecule has 0 unspecified atom stereocenters. The zero-order valence-corrected chi connectivity index (χ0v) is 20.9. The lowest BCUT2D eigenvalue weighted by Gasteiger charge is -2.17. The van der Waals surface area contributed by atoms with Crippen molar-refractivity contribution in [3.05, 3.63) is 30.0 Å². The largest absolute Gasteiger partial charge is 0.364 e. The first-order chi connectivity index (χ1) is 16.8. The molecule has 12 heteroatoms. The lowest BCUT2D eigenvalue weighted by Crippen LogP contribution is -2.20. The van der Waals surface area contributed by atoms with Gasteiger partial charge in [-0.2, -0.15) is 5.10 Å². The van der Waals surface area contributed by atoms with Crippen LogP contribution in [0, 0.1) is 5.92 Å². The van der Waals surface area contributed by atoms with E-state index in [2.05, 4.69) is 25.9 Å². The highest BCUT2D eigenvalue weighted by Crippen LogP contribution is 2.69. The number of carbonyl (C=O) groups is 2. The van der Waals surface area contributed by atoms with Crippen molar-refractivity contribution < 1.29 is 14.2 Å². The second kappa shape index (κ2) is 8.27. The molecule has 3 aromatic rings. The number of nitrogens with two attached hydrogens (primary N) is 1. The Labute approximate surface area is 206 Å². The van der Waals surface area contributed by atoms with Crippen LogP contribution in [0.2, 0.25) is 0 Å². The van der Waals surface area contributed by atoms with E-state index >= 15 is 0 Å². The van der Waals surface area contributed by atoms with Crippen LogP contribution in [0.3, 0.4) is 0 Å². The molecule has 3 aliphatic carbocycles. The number of nitrogens with one attached hydrogen (secondary N) is 2. The Kier molecular flexibility index (Phi) is 5.30. The maximum absolute atomic E-state index is 14.0. The third kappa shape index (κ3) is 4.27. The van der Waals surface area contributed by atoms with Crippen molar-refractivity contribution in [2.75, 3.05) is 10.6 Å². The van der Waals surface area contributed by atoms with Crippen LogP contribution in [-0.2, 0) is 16.4 Å². The number of hydrogen-bond acceptors (Lipinski definition) is 8. The molecule has 0 spiro atoms. The van der Waals surface area contributed by atoms with Gasteiger partial charge < -0.3 is 20.9 Å². The van der Waals surface area contributed by atoms with Crippen molar-refractivity contribution in [3.63, 3.8) is 0 Å². The van der Waals surface area contributed by atoms with Crippen molar-refractivity contribution in [1.82, 2.24) is 20.0 Å². The smallest absolute Gasteiger partial charge is 0.271 e. The van der Waals surface area contributed by atoms with E-state index in [1.165, 1.54) is 11.3 Å². The summed E-state index contributed by atoms with van der Waals surface area (Å²) in [6, 6.07) is 7.37. The summed E-state index contributed by atoms with van der Waals surface area (Å²) in [4.78, 5) is 24.9. The molecule has 3 heterocycles. The van der Waals surface area contributed by atoms with Crippen LogP contribution >= 0.6 is 18.5 Å². The summed E-state index contributed by atoms with van der Waals surface area (Å²) in [5.74, 6) is -0.544. The fraction of sp³-hybridized carbons (Fsp3) is 0.435. The Balaban J connectivity index is 1.25. The highest BCUT2D eigenvalue weighted by molar-refractivity contribution is 7.73. The Hall–Kier alpha value is -3.04. The van der Waals surface area contributed by atoms with Crippen LogP contribution in [0.25, 0.3) is 10.6 Å². The lowest BCUT2D eigenvalue weighted by molar-refractivity contribution is -0.117. The minimum atomic E-state index is -2.43. The monoisotopic (exact) mass is 511 g/mol. The molecular weight excluding hydrogens is 485 g/mol. The molecule has 3 fully saturated rings. The molecule has 3 saturated carbocycles.